The lowest BCUT2D eigenvalue weighted by atomic mass is 9.92. The van der Waals surface area contributed by atoms with Gasteiger partial charge in [0.1, 0.15) is 30.5 Å². The van der Waals surface area contributed by atoms with Crippen LogP contribution in [0.25, 0.3) is 0 Å². The first-order valence-electron chi connectivity index (χ1n) is 5.63. The van der Waals surface area contributed by atoms with Gasteiger partial charge in [-0.1, -0.05) is 30.3 Å². The second-order valence-corrected chi connectivity index (χ2v) is 4.32. The zero-order valence-corrected chi connectivity index (χ0v) is 9.50. The lowest BCUT2D eigenvalue weighted by molar-refractivity contribution is -0.297. The zero-order valence-electron chi connectivity index (χ0n) is 9.50. The summed E-state index contributed by atoms with van der Waals surface area (Å²) in [6, 6.07) is 8.43. The van der Waals surface area contributed by atoms with E-state index in [1.54, 1.807) is 30.3 Å². The summed E-state index contributed by atoms with van der Waals surface area (Å²) in [5.41, 5.74) is 0.484. The molecule has 1 aliphatic heterocycles. The van der Waals surface area contributed by atoms with Crippen LogP contribution in [0, 0.1) is 0 Å². The highest BCUT2D eigenvalue weighted by Gasteiger charge is 2.46. The van der Waals surface area contributed by atoms with E-state index in [4.69, 9.17) is 4.74 Å². The van der Waals surface area contributed by atoms with Crippen molar-refractivity contribution in [1.82, 2.24) is 0 Å². The lowest BCUT2D eigenvalue weighted by Crippen LogP contribution is -2.58. The van der Waals surface area contributed by atoms with E-state index < -0.39 is 36.8 Å². The van der Waals surface area contributed by atoms with Crippen LogP contribution in [0.1, 0.15) is 11.7 Å². The number of rotatable bonds is 2. The highest BCUT2D eigenvalue weighted by atomic mass is 16.6. The molecule has 0 spiro atoms. The van der Waals surface area contributed by atoms with Gasteiger partial charge < -0.3 is 30.3 Å². The van der Waals surface area contributed by atoms with Gasteiger partial charge in [0.25, 0.3) is 0 Å². The molecule has 100 valence electrons. The predicted molar refractivity (Wildman–Crippen MR) is 60.3 cm³/mol. The highest BCUT2D eigenvalue weighted by molar-refractivity contribution is 5.19. The van der Waals surface area contributed by atoms with Crippen molar-refractivity contribution in [1.29, 1.82) is 0 Å². The monoisotopic (exact) mass is 256 g/mol. The Hall–Kier alpha value is -1.02. The molecule has 6 atom stereocenters. The predicted octanol–water partition coefficient (Wildman–Crippen LogP) is -1.48. The molecule has 1 fully saturated rings. The van der Waals surface area contributed by atoms with Crippen molar-refractivity contribution in [2.45, 2.75) is 36.8 Å². The number of aliphatic hydroxyl groups is 5. The number of hydrogen-bond acceptors (Lipinski definition) is 6. The van der Waals surface area contributed by atoms with Crippen molar-refractivity contribution in [3.8, 4) is 0 Å². The van der Waals surface area contributed by atoms with Crippen LogP contribution in [0.3, 0.4) is 0 Å². The fourth-order valence-corrected chi connectivity index (χ4v) is 1.99. The average molecular weight is 256 g/mol. The Labute approximate surface area is 104 Å². The van der Waals surface area contributed by atoms with Crippen molar-refractivity contribution < 1.29 is 30.3 Å². The standard InChI is InChI=1S/C12H16O6/c13-7(6-4-2-1-3-5-6)11-9(15)8(14)10(16)12(17)18-11/h1-5,7-17H/t7-,8+,9+,10-,11-,12?/m1/s1. The molecule has 0 aromatic heterocycles. The normalized spacial score (nSPS) is 38.4. The Balaban J connectivity index is 2.18. The fraction of sp³-hybridized carbons (Fsp3) is 0.500. The highest BCUT2D eigenvalue weighted by Crippen LogP contribution is 2.29. The Morgan fingerprint density at radius 2 is 1.50 bits per heavy atom. The van der Waals surface area contributed by atoms with Gasteiger partial charge in [-0.05, 0) is 5.56 Å². The van der Waals surface area contributed by atoms with Crippen LogP contribution in [-0.2, 0) is 4.74 Å². The summed E-state index contributed by atoms with van der Waals surface area (Å²) in [5, 5.41) is 48.0. The van der Waals surface area contributed by atoms with Crippen LogP contribution in [0.2, 0.25) is 0 Å². The summed E-state index contributed by atoms with van der Waals surface area (Å²) >= 11 is 0. The summed E-state index contributed by atoms with van der Waals surface area (Å²) in [5.74, 6) is 0. The van der Waals surface area contributed by atoms with E-state index in [9.17, 15) is 25.5 Å². The molecule has 1 aromatic rings. The third kappa shape index (κ3) is 2.39. The Kier molecular flexibility index (Phi) is 3.96. The summed E-state index contributed by atoms with van der Waals surface area (Å²) in [4.78, 5) is 0. The topological polar surface area (TPSA) is 110 Å². The molecule has 0 saturated carbocycles. The third-order valence-electron chi connectivity index (χ3n) is 3.08. The number of aliphatic hydroxyl groups excluding tert-OH is 5. The second-order valence-electron chi connectivity index (χ2n) is 4.32. The van der Waals surface area contributed by atoms with Crippen LogP contribution >= 0.6 is 0 Å². The maximum absolute atomic E-state index is 10.0. The van der Waals surface area contributed by atoms with Crippen LogP contribution in [-0.4, -0.2) is 56.2 Å². The minimum atomic E-state index is -1.65. The molecule has 6 heteroatoms. The van der Waals surface area contributed by atoms with Crippen molar-refractivity contribution in [2.75, 3.05) is 0 Å². The molecule has 0 bridgehead atoms. The first-order chi connectivity index (χ1) is 8.52. The third-order valence-corrected chi connectivity index (χ3v) is 3.08. The van der Waals surface area contributed by atoms with E-state index in [0.717, 1.165) is 0 Å². The summed E-state index contributed by atoms with van der Waals surface area (Å²) in [6.07, 6.45) is -8.72. The minimum absolute atomic E-state index is 0.484. The van der Waals surface area contributed by atoms with Gasteiger partial charge in [-0.3, -0.25) is 0 Å². The lowest BCUT2D eigenvalue weighted by Gasteiger charge is -2.40. The molecule has 1 unspecified atom stereocenters. The first kappa shape index (κ1) is 13.4. The van der Waals surface area contributed by atoms with Gasteiger partial charge in [0, 0.05) is 0 Å². The van der Waals surface area contributed by atoms with Gasteiger partial charge >= 0.3 is 0 Å². The summed E-state index contributed by atoms with van der Waals surface area (Å²) in [6.45, 7) is 0. The van der Waals surface area contributed by atoms with Gasteiger partial charge in [0.15, 0.2) is 6.29 Å². The van der Waals surface area contributed by atoms with E-state index in [-0.39, 0.29) is 0 Å². The molecular weight excluding hydrogens is 240 g/mol. The molecule has 18 heavy (non-hydrogen) atoms. The van der Waals surface area contributed by atoms with Crippen LogP contribution in [0.15, 0.2) is 30.3 Å². The van der Waals surface area contributed by atoms with Gasteiger partial charge in [0.05, 0.1) is 0 Å². The molecule has 6 nitrogen and oxygen atoms in total. The van der Waals surface area contributed by atoms with Crippen LogP contribution < -0.4 is 0 Å². The van der Waals surface area contributed by atoms with Gasteiger partial charge in [-0.25, -0.2) is 0 Å². The maximum Gasteiger partial charge on any atom is 0.184 e. The van der Waals surface area contributed by atoms with E-state index in [0.29, 0.717) is 5.56 Å². The number of benzene rings is 1. The Bertz CT molecular complexity index is 383. The zero-order chi connectivity index (χ0) is 13.3. The molecule has 1 aromatic carbocycles. The molecule has 5 N–H and O–H groups in total. The van der Waals surface area contributed by atoms with Crippen molar-refractivity contribution >= 4 is 0 Å². The summed E-state index contributed by atoms with van der Waals surface area (Å²) < 4.78 is 4.94. The first-order valence-corrected chi connectivity index (χ1v) is 5.63. The van der Waals surface area contributed by atoms with Crippen molar-refractivity contribution in [3.05, 3.63) is 35.9 Å². The molecule has 0 aliphatic carbocycles. The van der Waals surface area contributed by atoms with Crippen LogP contribution in [0.4, 0.5) is 0 Å². The Morgan fingerprint density at radius 1 is 0.889 bits per heavy atom. The molecule has 0 amide bonds. The molecule has 0 radical (unpaired) electrons. The van der Waals surface area contributed by atoms with Gasteiger partial charge in [0.2, 0.25) is 0 Å². The van der Waals surface area contributed by atoms with Crippen molar-refractivity contribution in [3.63, 3.8) is 0 Å². The van der Waals surface area contributed by atoms with E-state index in [1.165, 1.54) is 0 Å². The minimum Gasteiger partial charge on any atom is -0.387 e. The fourth-order valence-electron chi connectivity index (χ4n) is 1.99. The largest absolute Gasteiger partial charge is 0.387 e. The smallest absolute Gasteiger partial charge is 0.184 e. The number of hydrogen-bond donors (Lipinski definition) is 5. The van der Waals surface area contributed by atoms with E-state index in [1.807, 2.05) is 0 Å². The van der Waals surface area contributed by atoms with E-state index >= 15 is 0 Å². The summed E-state index contributed by atoms with van der Waals surface area (Å²) in [7, 11) is 0. The molecule has 1 aliphatic rings. The molecular formula is C12H16O6. The van der Waals surface area contributed by atoms with E-state index in [2.05, 4.69) is 0 Å². The van der Waals surface area contributed by atoms with Crippen molar-refractivity contribution in [2.24, 2.45) is 0 Å². The molecule has 2 rings (SSSR count). The number of ether oxygens (including phenoxy) is 1. The Morgan fingerprint density at radius 3 is 2.11 bits per heavy atom. The maximum atomic E-state index is 10.0. The second kappa shape index (κ2) is 5.31. The quantitative estimate of drug-likeness (QED) is 0.441. The van der Waals surface area contributed by atoms with Gasteiger partial charge in [-0.15, -0.1) is 0 Å². The SMILES string of the molecule is OC1O[C@H]([C@H](O)c2ccccc2)[C@@H](O)[C@H](O)[C@H]1O. The molecule has 1 heterocycles. The van der Waals surface area contributed by atoms with Crippen LogP contribution in [0.5, 0.6) is 0 Å². The van der Waals surface area contributed by atoms with Gasteiger partial charge in [-0.2, -0.15) is 0 Å². The average Bonchev–Trinajstić information content (AvgIpc) is 2.41. The molecule has 1 saturated heterocycles.